The quantitative estimate of drug-likeness (QED) is 0.521. The number of carbonyl (C=O) groups excluding carboxylic acids is 2. The van der Waals surface area contributed by atoms with Gasteiger partial charge in [0.05, 0.1) is 11.4 Å². The van der Waals surface area contributed by atoms with E-state index in [1.165, 1.54) is 11.3 Å². The number of hydrogen-bond donors (Lipinski definition) is 3. The van der Waals surface area contributed by atoms with Gasteiger partial charge in [0.25, 0.3) is 5.91 Å². The van der Waals surface area contributed by atoms with E-state index < -0.39 is 11.7 Å². The first-order valence-electron chi connectivity index (χ1n) is 9.82. The van der Waals surface area contributed by atoms with Crippen LogP contribution in [-0.4, -0.2) is 54.7 Å². The summed E-state index contributed by atoms with van der Waals surface area (Å²) in [6, 6.07) is 3.58. The van der Waals surface area contributed by atoms with E-state index in [-0.39, 0.29) is 5.91 Å². The Balaban J connectivity index is 1.86. The first kappa shape index (κ1) is 23.8. The predicted molar refractivity (Wildman–Crippen MR) is 121 cm³/mol. The van der Waals surface area contributed by atoms with Crippen molar-refractivity contribution in [1.29, 1.82) is 0 Å². The van der Waals surface area contributed by atoms with Crippen LogP contribution in [0.15, 0.2) is 29.1 Å². The Morgan fingerprint density at radius 2 is 1.83 bits per heavy atom. The Labute approximate surface area is 182 Å². The van der Waals surface area contributed by atoms with Gasteiger partial charge >= 0.3 is 6.09 Å². The van der Waals surface area contributed by atoms with Crippen molar-refractivity contribution >= 4 is 34.7 Å². The number of nitrogens with one attached hydrogen (secondary N) is 3. The molecular formula is C21H31N5O3S. The molecule has 2 amide bonds. The van der Waals surface area contributed by atoms with Gasteiger partial charge in [0.2, 0.25) is 0 Å². The topological polar surface area (TPSA) is 95.6 Å². The molecule has 0 atom stereocenters. The summed E-state index contributed by atoms with van der Waals surface area (Å²) in [5.41, 5.74) is 1.71. The molecule has 0 radical (unpaired) electrons. The molecule has 2 aromatic heterocycles. The molecule has 0 spiro atoms. The molecule has 2 rings (SSSR count). The van der Waals surface area contributed by atoms with Gasteiger partial charge in [-0.1, -0.05) is 6.07 Å². The van der Waals surface area contributed by atoms with Crippen LogP contribution in [0.1, 0.15) is 43.2 Å². The molecule has 0 unspecified atom stereocenters. The van der Waals surface area contributed by atoms with Gasteiger partial charge in [-0.2, -0.15) is 0 Å². The molecule has 0 fully saturated rings. The Morgan fingerprint density at radius 3 is 2.43 bits per heavy atom. The molecule has 0 saturated carbocycles. The number of pyridine rings is 1. The van der Waals surface area contributed by atoms with Gasteiger partial charge in [0.15, 0.2) is 0 Å². The number of thiophene rings is 1. The first-order chi connectivity index (χ1) is 14.1. The van der Waals surface area contributed by atoms with Crippen molar-refractivity contribution in [3.05, 3.63) is 40.3 Å². The van der Waals surface area contributed by atoms with Gasteiger partial charge in [-0.15, -0.1) is 11.3 Å². The average molecular weight is 434 g/mol. The van der Waals surface area contributed by atoms with E-state index in [0.717, 1.165) is 25.1 Å². The van der Waals surface area contributed by atoms with E-state index >= 15 is 0 Å². The Bertz CT molecular complexity index is 828. The van der Waals surface area contributed by atoms with Crippen molar-refractivity contribution in [3.63, 3.8) is 0 Å². The van der Waals surface area contributed by atoms with Crippen LogP contribution in [0, 0.1) is 0 Å². The van der Waals surface area contributed by atoms with E-state index in [2.05, 4.69) is 39.9 Å². The summed E-state index contributed by atoms with van der Waals surface area (Å²) < 4.78 is 5.25. The summed E-state index contributed by atoms with van der Waals surface area (Å²) in [5, 5.41) is 12.3. The molecule has 0 aliphatic heterocycles. The fourth-order valence-electron chi connectivity index (χ4n) is 2.51. The number of nitrogens with zero attached hydrogens (tertiary/aromatic N) is 2. The lowest BCUT2D eigenvalue weighted by molar-refractivity contribution is 0.0635. The standard InChI is InChI=1S/C21H31N5O3S/c1-21(2,3)29-20(28)25-18-14-30-13-17(18)24-19(27)16-8-7-15(12-23-16)11-22-9-6-10-26(4)5/h7-8,12-14,22H,6,9-11H2,1-5H3,(H,24,27)(H,25,28). The van der Waals surface area contributed by atoms with Gasteiger partial charge in [0, 0.05) is 23.5 Å². The first-order valence-corrected chi connectivity index (χ1v) is 10.8. The fraction of sp³-hybridized carbons (Fsp3) is 0.476. The summed E-state index contributed by atoms with van der Waals surface area (Å²) in [7, 11) is 4.11. The Hall–Kier alpha value is -2.49. The van der Waals surface area contributed by atoms with Gasteiger partial charge < -0.3 is 20.3 Å². The van der Waals surface area contributed by atoms with Gasteiger partial charge in [-0.25, -0.2) is 4.79 Å². The van der Waals surface area contributed by atoms with Gasteiger partial charge in [0.1, 0.15) is 11.3 Å². The molecule has 0 aromatic carbocycles. The molecule has 8 nitrogen and oxygen atoms in total. The second-order valence-electron chi connectivity index (χ2n) is 8.17. The highest BCUT2D eigenvalue weighted by molar-refractivity contribution is 7.09. The number of anilines is 2. The molecule has 2 heterocycles. The molecule has 164 valence electrons. The fourth-order valence-corrected chi connectivity index (χ4v) is 3.22. The molecule has 9 heteroatoms. The molecule has 3 N–H and O–H groups in total. The van der Waals surface area contributed by atoms with Crippen molar-refractivity contribution in [2.45, 2.75) is 39.3 Å². The summed E-state index contributed by atoms with van der Waals surface area (Å²) >= 11 is 1.36. The van der Waals surface area contributed by atoms with Crippen LogP contribution in [0.3, 0.4) is 0 Å². The van der Waals surface area contributed by atoms with E-state index in [0.29, 0.717) is 23.6 Å². The summed E-state index contributed by atoms with van der Waals surface area (Å²) in [4.78, 5) is 30.9. The number of rotatable bonds is 9. The largest absolute Gasteiger partial charge is 0.444 e. The third kappa shape index (κ3) is 8.48. The summed E-state index contributed by atoms with van der Waals surface area (Å²) in [5.74, 6) is -0.342. The molecule has 0 aliphatic rings. The zero-order chi connectivity index (χ0) is 22.1. The zero-order valence-corrected chi connectivity index (χ0v) is 19.1. The smallest absolute Gasteiger partial charge is 0.412 e. The number of aromatic nitrogens is 1. The SMILES string of the molecule is CN(C)CCCNCc1ccc(C(=O)Nc2cscc2NC(=O)OC(C)(C)C)nc1. The highest BCUT2D eigenvalue weighted by Gasteiger charge is 2.18. The second kappa shape index (κ2) is 11.1. The van der Waals surface area contributed by atoms with Crippen LogP contribution < -0.4 is 16.0 Å². The molecule has 0 saturated heterocycles. The maximum atomic E-state index is 12.5. The average Bonchev–Trinajstić information content (AvgIpc) is 3.06. The van der Waals surface area contributed by atoms with Crippen molar-refractivity contribution in [3.8, 4) is 0 Å². The van der Waals surface area contributed by atoms with Crippen LogP contribution in [0.4, 0.5) is 16.2 Å². The highest BCUT2D eigenvalue weighted by Crippen LogP contribution is 2.27. The maximum Gasteiger partial charge on any atom is 0.412 e. The van der Waals surface area contributed by atoms with E-state index in [9.17, 15) is 9.59 Å². The molecular weight excluding hydrogens is 402 g/mol. The Kier molecular flexibility index (Phi) is 8.76. The third-order valence-corrected chi connectivity index (χ3v) is 4.63. The number of carbonyl (C=O) groups is 2. The van der Waals surface area contributed by atoms with Crippen molar-refractivity contribution < 1.29 is 14.3 Å². The van der Waals surface area contributed by atoms with E-state index in [1.807, 2.05) is 6.07 Å². The molecule has 30 heavy (non-hydrogen) atoms. The third-order valence-electron chi connectivity index (χ3n) is 3.89. The lowest BCUT2D eigenvalue weighted by Gasteiger charge is -2.19. The predicted octanol–water partition coefficient (Wildman–Crippen LogP) is 3.78. The molecule has 2 aromatic rings. The number of amides is 2. The molecule has 0 bridgehead atoms. The van der Waals surface area contributed by atoms with Crippen LogP contribution >= 0.6 is 11.3 Å². The van der Waals surface area contributed by atoms with Crippen molar-refractivity contribution in [1.82, 2.24) is 15.2 Å². The number of ether oxygens (including phenoxy) is 1. The van der Waals surface area contributed by atoms with E-state index in [1.54, 1.807) is 43.8 Å². The lowest BCUT2D eigenvalue weighted by atomic mass is 10.2. The maximum absolute atomic E-state index is 12.5. The minimum Gasteiger partial charge on any atom is -0.444 e. The highest BCUT2D eigenvalue weighted by atomic mass is 32.1. The molecule has 0 aliphatic carbocycles. The van der Waals surface area contributed by atoms with Crippen LogP contribution in [-0.2, 0) is 11.3 Å². The number of hydrogen-bond acceptors (Lipinski definition) is 7. The van der Waals surface area contributed by atoms with Crippen molar-refractivity contribution in [2.24, 2.45) is 0 Å². The minimum absolute atomic E-state index is 0.306. The summed E-state index contributed by atoms with van der Waals surface area (Å²) in [6.45, 7) is 8.03. The second-order valence-corrected chi connectivity index (χ2v) is 8.91. The normalized spacial score (nSPS) is 11.4. The Morgan fingerprint density at radius 1 is 1.13 bits per heavy atom. The van der Waals surface area contributed by atoms with Gasteiger partial charge in [-0.3, -0.25) is 15.1 Å². The monoisotopic (exact) mass is 433 g/mol. The summed E-state index contributed by atoms with van der Waals surface area (Å²) in [6.07, 6.45) is 2.19. The van der Waals surface area contributed by atoms with Crippen LogP contribution in [0.2, 0.25) is 0 Å². The van der Waals surface area contributed by atoms with Crippen molar-refractivity contribution in [2.75, 3.05) is 37.8 Å². The van der Waals surface area contributed by atoms with Gasteiger partial charge in [-0.05, 0) is 66.0 Å². The minimum atomic E-state index is -0.601. The van der Waals surface area contributed by atoms with Crippen LogP contribution in [0.25, 0.3) is 0 Å². The van der Waals surface area contributed by atoms with E-state index in [4.69, 9.17) is 4.74 Å². The zero-order valence-electron chi connectivity index (χ0n) is 18.2. The van der Waals surface area contributed by atoms with Crippen LogP contribution in [0.5, 0.6) is 0 Å². The lowest BCUT2D eigenvalue weighted by Crippen LogP contribution is -2.27.